The molecule has 0 unspecified atom stereocenters. The predicted molar refractivity (Wildman–Crippen MR) is 85.0 cm³/mol. The predicted octanol–water partition coefficient (Wildman–Crippen LogP) is 2.16. The molecule has 3 aliphatic rings. The minimum absolute atomic E-state index is 0.0170. The molecule has 2 atom stereocenters. The van der Waals surface area contributed by atoms with Gasteiger partial charge in [-0.25, -0.2) is 4.79 Å². The molecule has 4 rings (SSSR count). The molecule has 2 bridgehead atoms. The Kier molecular flexibility index (Phi) is 4.50. The van der Waals surface area contributed by atoms with E-state index in [1.807, 2.05) is 23.6 Å². The second-order valence-electron chi connectivity index (χ2n) is 6.63. The number of ether oxygens (including phenoxy) is 1. The number of nitrogens with zero attached hydrogens (tertiary/aromatic N) is 3. The minimum atomic E-state index is -0.257. The number of carbonyl (C=O) groups excluding carboxylic acids is 2. The lowest BCUT2D eigenvalue weighted by atomic mass is 9.95. The Morgan fingerprint density at radius 2 is 1.91 bits per heavy atom. The number of hydrogen-bond donors (Lipinski definition) is 0. The molecule has 0 radical (unpaired) electrons. The van der Waals surface area contributed by atoms with Crippen LogP contribution >= 0.6 is 0 Å². The molecule has 3 aliphatic heterocycles. The Hall–Kier alpha value is -2.11. The van der Waals surface area contributed by atoms with Crippen molar-refractivity contribution in [3.63, 3.8) is 0 Å². The van der Waals surface area contributed by atoms with E-state index in [1.165, 1.54) is 0 Å². The second-order valence-corrected chi connectivity index (χ2v) is 6.63. The normalized spacial score (nSPS) is 23.8. The van der Waals surface area contributed by atoms with Crippen LogP contribution in [0.15, 0.2) is 24.5 Å². The Morgan fingerprint density at radius 1 is 1.17 bits per heavy atom. The van der Waals surface area contributed by atoms with Crippen molar-refractivity contribution in [1.82, 2.24) is 14.8 Å². The number of amides is 2. The SMILES string of the molecule is CC(C)OC(=O)N1C[C@@H]2CC[C@H]1CN(C(=O)c1ccncc1)C2. The number of hydrogen-bond acceptors (Lipinski definition) is 4. The van der Waals surface area contributed by atoms with E-state index < -0.39 is 0 Å². The first-order valence-electron chi connectivity index (χ1n) is 8.21. The highest BCUT2D eigenvalue weighted by molar-refractivity contribution is 5.94. The van der Waals surface area contributed by atoms with Gasteiger partial charge in [-0.1, -0.05) is 0 Å². The highest BCUT2D eigenvalue weighted by Gasteiger charge is 2.39. The fourth-order valence-electron chi connectivity index (χ4n) is 3.42. The van der Waals surface area contributed by atoms with Gasteiger partial charge in [-0.3, -0.25) is 9.78 Å². The first-order valence-corrected chi connectivity index (χ1v) is 8.21. The molecule has 0 aliphatic carbocycles. The van der Waals surface area contributed by atoms with Crippen LogP contribution in [0.5, 0.6) is 0 Å². The maximum Gasteiger partial charge on any atom is 0.410 e. The lowest BCUT2D eigenvalue weighted by Gasteiger charge is -2.35. The van der Waals surface area contributed by atoms with Gasteiger partial charge >= 0.3 is 6.09 Å². The van der Waals surface area contributed by atoms with Crippen molar-refractivity contribution < 1.29 is 14.3 Å². The third kappa shape index (κ3) is 3.46. The van der Waals surface area contributed by atoms with Crippen LogP contribution in [0.1, 0.15) is 37.0 Å². The molecule has 2 amide bonds. The van der Waals surface area contributed by atoms with Gasteiger partial charge in [0, 0.05) is 37.6 Å². The lowest BCUT2D eigenvalue weighted by Crippen LogP contribution is -2.48. The number of pyridine rings is 1. The summed E-state index contributed by atoms with van der Waals surface area (Å²) in [7, 11) is 0. The Labute approximate surface area is 136 Å². The topological polar surface area (TPSA) is 62.7 Å². The summed E-state index contributed by atoms with van der Waals surface area (Å²) in [5, 5.41) is 0. The molecule has 0 aromatic carbocycles. The molecule has 3 saturated heterocycles. The molecule has 4 heterocycles. The Bertz CT molecular complexity index is 576. The maximum absolute atomic E-state index is 12.7. The van der Waals surface area contributed by atoms with Gasteiger partial charge in [0.15, 0.2) is 0 Å². The third-order valence-electron chi connectivity index (χ3n) is 4.50. The van der Waals surface area contributed by atoms with Gasteiger partial charge in [-0.05, 0) is 44.7 Å². The van der Waals surface area contributed by atoms with Gasteiger partial charge in [-0.2, -0.15) is 0 Å². The van der Waals surface area contributed by atoms with Crippen molar-refractivity contribution in [1.29, 1.82) is 0 Å². The average Bonchev–Trinajstić information content (AvgIpc) is 2.86. The van der Waals surface area contributed by atoms with Crippen LogP contribution in [-0.4, -0.2) is 58.6 Å². The zero-order valence-corrected chi connectivity index (χ0v) is 13.6. The molecule has 0 spiro atoms. The monoisotopic (exact) mass is 317 g/mol. The van der Waals surface area contributed by atoms with Gasteiger partial charge in [0.2, 0.25) is 0 Å². The van der Waals surface area contributed by atoms with Crippen LogP contribution in [0.4, 0.5) is 4.79 Å². The number of carbonyl (C=O) groups is 2. The van der Waals surface area contributed by atoms with Crippen LogP contribution in [0.3, 0.4) is 0 Å². The molecule has 6 heteroatoms. The van der Waals surface area contributed by atoms with Gasteiger partial charge in [-0.15, -0.1) is 0 Å². The summed E-state index contributed by atoms with van der Waals surface area (Å²) in [6.07, 6.45) is 4.86. The van der Waals surface area contributed by atoms with E-state index in [-0.39, 0.29) is 24.1 Å². The van der Waals surface area contributed by atoms with Crippen LogP contribution in [0, 0.1) is 5.92 Å². The maximum atomic E-state index is 12.7. The number of piperidine rings is 1. The van der Waals surface area contributed by atoms with Crippen LogP contribution < -0.4 is 0 Å². The molecular weight excluding hydrogens is 294 g/mol. The van der Waals surface area contributed by atoms with Crippen molar-refractivity contribution in [2.75, 3.05) is 19.6 Å². The van der Waals surface area contributed by atoms with E-state index in [9.17, 15) is 9.59 Å². The first kappa shape index (κ1) is 15.8. The fraction of sp³-hybridized carbons (Fsp3) is 0.588. The van der Waals surface area contributed by atoms with Crippen molar-refractivity contribution in [2.45, 2.75) is 38.8 Å². The zero-order chi connectivity index (χ0) is 16.4. The highest BCUT2D eigenvalue weighted by Crippen LogP contribution is 2.29. The highest BCUT2D eigenvalue weighted by atomic mass is 16.6. The van der Waals surface area contributed by atoms with E-state index >= 15 is 0 Å². The smallest absolute Gasteiger partial charge is 0.410 e. The molecule has 1 aromatic heterocycles. The molecule has 3 fully saturated rings. The van der Waals surface area contributed by atoms with Gasteiger partial charge in [0.1, 0.15) is 0 Å². The first-order chi connectivity index (χ1) is 11.0. The second kappa shape index (κ2) is 6.56. The van der Waals surface area contributed by atoms with Crippen molar-refractivity contribution in [2.24, 2.45) is 5.92 Å². The average molecular weight is 317 g/mol. The molecule has 1 aromatic rings. The fourth-order valence-corrected chi connectivity index (χ4v) is 3.42. The van der Waals surface area contributed by atoms with E-state index in [1.54, 1.807) is 24.5 Å². The van der Waals surface area contributed by atoms with E-state index in [0.29, 0.717) is 31.1 Å². The van der Waals surface area contributed by atoms with E-state index in [0.717, 1.165) is 12.8 Å². The molecule has 6 nitrogen and oxygen atoms in total. The standard InChI is InChI=1S/C17H23N3O3/c1-12(2)23-17(22)20-10-13-3-4-15(20)11-19(9-13)16(21)14-5-7-18-8-6-14/h5-8,12-13,15H,3-4,9-11H2,1-2H3/t13-,15+/m1/s1. The molecule has 23 heavy (non-hydrogen) atoms. The van der Waals surface area contributed by atoms with E-state index in [4.69, 9.17) is 4.74 Å². The van der Waals surface area contributed by atoms with Crippen molar-refractivity contribution in [3.05, 3.63) is 30.1 Å². The van der Waals surface area contributed by atoms with Crippen LogP contribution in [0.2, 0.25) is 0 Å². The molecule has 124 valence electrons. The molecule has 0 saturated carbocycles. The largest absolute Gasteiger partial charge is 0.447 e. The number of fused-ring (bicyclic) bond motifs is 4. The number of rotatable bonds is 2. The Morgan fingerprint density at radius 3 is 2.61 bits per heavy atom. The molecule has 0 N–H and O–H groups in total. The zero-order valence-electron chi connectivity index (χ0n) is 13.6. The molecular formula is C17H23N3O3. The van der Waals surface area contributed by atoms with Crippen molar-refractivity contribution in [3.8, 4) is 0 Å². The van der Waals surface area contributed by atoms with E-state index in [2.05, 4.69) is 4.98 Å². The summed E-state index contributed by atoms with van der Waals surface area (Å²) >= 11 is 0. The number of aromatic nitrogens is 1. The van der Waals surface area contributed by atoms with Gasteiger partial charge in [0.05, 0.1) is 12.1 Å². The van der Waals surface area contributed by atoms with Gasteiger partial charge < -0.3 is 14.5 Å². The summed E-state index contributed by atoms with van der Waals surface area (Å²) in [6, 6.07) is 3.52. The summed E-state index contributed by atoms with van der Waals surface area (Å²) in [6.45, 7) is 5.66. The van der Waals surface area contributed by atoms with Crippen molar-refractivity contribution >= 4 is 12.0 Å². The summed E-state index contributed by atoms with van der Waals surface area (Å²) in [4.78, 5) is 32.6. The summed E-state index contributed by atoms with van der Waals surface area (Å²) < 4.78 is 5.35. The van der Waals surface area contributed by atoms with Crippen LogP contribution in [-0.2, 0) is 4.74 Å². The van der Waals surface area contributed by atoms with Crippen LogP contribution in [0.25, 0.3) is 0 Å². The lowest BCUT2D eigenvalue weighted by molar-refractivity contribution is 0.0480. The van der Waals surface area contributed by atoms with Gasteiger partial charge in [0.25, 0.3) is 5.91 Å². The minimum Gasteiger partial charge on any atom is -0.447 e. The third-order valence-corrected chi connectivity index (χ3v) is 4.50. The summed E-state index contributed by atoms with van der Waals surface area (Å²) in [5.74, 6) is 0.336. The summed E-state index contributed by atoms with van der Waals surface area (Å²) in [5.41, 5.74) is 0.651. The quantitative estimate of drug-likeness (QED) is 0.838. The Balaban J connectivity index is 1.74.